The molecular weight excluding hydrogens is 312 g/mol. The van der Waals surface area contributed by atoms with Crippen LogP contribution in [0.1, 0.15) is 126 Å². The molecule has 0 aromatic heterocycles. The molecule has 0 saturated heterocycles. The Hall–Kier alpha value is 0. The lowest BCUT2D eigenvalue weighted by Gasteiger charge is -2.65. The third-order valence-electron chi connectivity index (χ3n) is 10.8. The minimum Gasteiger partial charge on any atom is -0.0683 e. The second kappa shape index (κ2) is 7.11. The van der Waals surface area contributed by atoms with Gasteiger partial charge in [0.2, 0.25) is 0 Å². The van der Waals surface area contributed by atoms with E-state index in [1.54, 1.807) is 0 Å². The van der Waals surface area contributed by atoms with Gasteiger partial charge in [-0.1, -0.05) is 74.1 Å². The van der Waals surface area contributed by atoms with Gasteiger partial charge in [-0.3, -0.25) is 0 Å². The summed E-state index contributed by atoms with van der Waals surface area (Å²) < 4.78 is 0. The molecule has 4 fully saturated rings. The van der Waals surface area contributed by atoms with E-state index in [0.717, 1.165) is 17.8 Å². The first-order valence-electron chi connectivity index (χ1n) is 12.2. The molecule has 0 spiro atoms. The Bertz CT molecular complexity index is 494. The SMILES string of the molecule is CC.CC1CCC2(C)C3CCC4(C)CCCCC4(C)C3CCCC2(C)C1. The van der Waals surface area contributed by atoms with Gasteiger partial charge < -0.3 is 0 Å². The number of hydrogen-bond donors (Lipinski definition) is 0. The Morgan fingerprint density at radius 3 is 1.88 bits per heavy atom. The Morgan fingerprint density at radius 2 is 1.15 bits per heavy atom. The van der Waals surface area contributed by atoms with E-state index in [4.69, 9.17) is 0 Å². The molecule has 0 N–H and O–H groups in total. The third kappa shape index (κ3) is 2.83. The zero-order valence-electron chi connectivity index (χ0n) is 19.2. The molecule has 0 radical (unpaired) electrons. The summed E-state index contributed by atoms with van der Waals surface area (Å²) >= 11 is 0. The summed E-state index contributed by atoms with van der Waals surface area (Å²) in [6.07, 6.45) is 18.1. The minimum atomic E-state index is 0.614. The quantitative estimate of drug-likeness (QED) is 0.405. The summed E-state index contributed by atoms with van der Waals surface area (Å²) in [6, 6.07) is 0. The van der Waals surface area contributed by atoms with Crippen molar-refractivity contribution in [1.82, 2.24) is 0 Å². The lowest BCUT2D eigenvalue weighted by molar-refractivity contribution is -0.160. The highest BCUT2D eigenvalue weighted by atomic mass is 14.7. The van der Waals surface area contributed by atoms with Crippen LogP contribution >= 0.6 is 0 Å². The van der Waals surface area contributed by atoms with Crippen LogP contribution in [0.15, 0.2) is 0 Å². The van der Waals surface area contributed by atoms with Crippen LogP contribution in [-0.4, -0.2) is 0 Å². The van der Waals surface area contributed by atoms with Crippen LogP contribution in [0.2, 0.25) is 0 Å². The summed E-state index contributed by atoms with van der Waals surface area (Å²) in [7, 11) is 0. The van der Waals surface area contributed by atoms with Gasteiger partial charge in [-0.2, -0.15) is 0 Å². The summed E-state index contributed by atoms with van der Waals surface area (Å²) in [5.74, 6) is 2.98. The van der Waals surface area contributed by atoms with Gasteiger partial charge in [-0.25, -0.2) is 0 Å². The standard InChI is InChI=1S/C24H42.C2H6/c1-18-10-16-24(5)20-11-15-21(2)12-6-7-14-23(21,4)19(20)9-8-13-22(24,3)17-18;1-2/h18-20H,6-17H2,1-5H3;1-2H3. The predicted molar refractivity (Wildman–Crippen MR) is 115 cm³/mol. The van der Waals surface area contributed by atoms with Crippen molar-refractivity contribution in [1.29, 1.82) is 0 Å². The molecule has 0 bridgehead atoms. The van der Waals surface area contributed by atoms with E-state index in [-0.39, 0.29) is 0 Å². The summed E-state index contributed by atoms with van der Waals surface area (Å²) in [6.45, 7) is 17.4. The highest BCUT2D eigenvalue weighted by molar-refractivity contribution is 5.12. The smallest absolute Gasteiger partial charge is 0.0241 e. The lowest BCUT2D eigenvalue weighted by atomic mass is 9.40. The van der Waals surface area contributed by atoms with Crippen molar-refractivity contribution >= 4 is 0 Å². The first kappa shape index (κ1) is 20.7. The zero-order chi connectivity index (χ0) is 19.2. The van der Waals surface area contributed by atoms with Gasteiger partial charge in [0, 0.05) is 0 Å². The monoisotopic (exact) mass is 360 g/mol. The molecule has 4 aliphatic rings. The fraction of sp³-hybridized carbons (Fsp3) is 1.00. The van der Waals surface area contributed by atoms with Crippen molar-refractivity contribution in [2.75, 3.05) is 0 Å². The van der Waals surface area contributed by atoms with E-state index in [2.05, 4.69) is 34.6 Å². The molecule has 0 nitrogen and oxygen atoms in total. The molecule has 4 saturated carbocycles. The molecule has 4 aliphatic carbocycles. The third-order valence-corrected chi connectivity index (χ3v) is 10.8. The molecule has 0 heteroatoms. The Kier molecular flexibility index (Phi) is 5.67. The van der Waals surface area contributed by atoms with Crippen molar-refractivity contribution in [2.45, 2.75) is 126 Å². The minimum absolute atomic E-state index is 0.614. The first-order chi connectivity index (χ1) is 12.2. The van der Waals surface area contributed by atoms with Gasteiger partial charge in [-0.05, 0) is 90.8 Å². The van der Waals surface area contributed by atoms with Crippen molar-refractivity contribution in [2.24, 2.45) is 39.4 Å². The summed E-state index contributed by atoms with van der Waals surface area (Å²) in [5, 5.41) is 0. The van der Waals surface area contributed by atoms with Gasteiger partial charge in [0.1, 0.15) is 0 Å². The van der Waals surface area contributed by atoms with Crippen molar-refractivity contribution in [3.63, 3.8) is 0 Å². The maximum atomic E-state index is 2.75. The average molecular weight is 361 g/mol. The van der Waals surface area contributed by atoms with Gasteiger partial charge >= 0.3 is 0 Å². The fourth-order valence-corrected chi connectivity index (χ4v) is 8.72. The van der Waals surface area contributed by atoms with Crippen molar-refractivity contribution in [3.05, 3.63) is 0 Å². The van der Waals surface area contributed by atoms with Gasteiger partial charge in [0.25, 0.3) is 0 Å². The van der Waals surface area contributed by atoms with Crippen LogP contribution in [0.4, 0.5) is 0 Å². The van der Waals surface area contributed by atoms with Crippen LogP contribution in [-0.2, 0) is 0 Å². The van der Waals surface area contributed by atoms with E-state index in [1.807, 2.05) is 13.8 Å². The van der Waals surface area contributed by atoms with E-state index in [0.29, 0.717) is 21.7 Å². The zero-order valence-corrected chi connectivity index (χ0v) is 19.2. The Labute approximate surface area is 165 Å². The molecule has 7 unspecified atom stereocenters. The van der Waals surface area contributed by atoms with Crippen molar-refractivity contribution < 1.29 is 0 Å². The number of rotatable bonds is 0. The first-order valence-corrected chi connectivity index (χ1v) is 12.2. The van der Waals surface area contributed by atoms with Crippen LogP contribution in [0, 0.1) is 39.4 Å². The van der Waals surface area contributed by atoms with Crippen molar-refractivity contribution in [3.8, 4) is 0 Å². The molecule has 7 atom stereocenters. The highest BCUT2D eigenvalue weighted by Crippen LogP contribution is 2.71. The molecule has 0 heterocycles. The molecule has 152 valence electrons. The molecule has 0 aliphatic heterocycles. The molecule has 0 amide bonds. The van der Waals surface area contributed by atoms with Gasteiger partial charge in [0.05, 0.1) is 0 Å². The van der Waals surface area contributed by atoms with E-state index < -0.39 is 0 Å². The Morgan fingerprint density at radius 1 is 0.577 bits per heavy atom. The molecular formula is C26H48. The highest BCUT2D eigenvalue weighted by Gasteiger charge is 2.62. The second-order valence-corrected chi connectivity index (χ2v) is 11.7. The van der Waals surface area contributed by atoms with E-state index in [1.165, 1.54) is 77.0 Å². The van der Waals surface area contributed by atoms with E-state index in [9.17, 15) is 0 Å². The van der Waals surface area contributed by atoms with Crippen LogP contribution in [0.25, 0.3) is 0 Å². The lowest BCUT2D eigenvalue weighted by Crippen LogP contribution is -2.57. The number of hydrogen-bond acceptors (Lipinski definition) is 0. The molecule has 26 heavy (non-hydrogen) atoms. The topological polar surface area (TPSA) is 0 Å². The molecule has 0 aromatic carbocycles. The van der Waals surface area contributed by atoms with Crippen LogP contribution < -0.4 is 0 Å². The summed E-state index contributed by atoms with van der Waals surface area (Å²) in [4.78, 5) is 0. The second-order valence-electron chi connectivity index (χ2n) is 11.7. The maximum absolute atomic E-state index is 2.75. The van der Waals surface area contributed by atoms with E-state index >= 15 is 0 Å². The van der Waals surface area contributed by atoms with Crippen LogP contribution in [0.3, 0.4) is 0 Å². The average Bonchev–Trinajstić information content (AvgIpc) is 2.72. The fourth-order valence-electron chi connectivity index (χ4n) is 8.72. The molecule has 4 rings (SSSR count). The predicted octanol–water partition coefficient (Wildman–Crippen LogP) is 8.64. The normalized spacial score (nSPS) is 53.9. The molecule has 0 aromatic rings. The number of fused-ring (bicyclic) bond motifs is 5. The Balaban J connectivity index is 0.000000948. The largest absolute Gasteiger partial charge is 0.0683 e. The maximum Gasteiger partial charge on any atom is -0.0241 e. The van der Waals surface area contributed by atoms with Crippen LogP contribution in [0.5, 0.6) is 0 Å². The van der Waals surface area contributed by atoms with Gasteiger partial charge in [-0.15, -0.1) is 0 Å². The van der Waals surface area contributed by atoms with Gasteiger partial charge in [0.15, 0.2) is 0 Å². The summed E-state index contributed by atoms with van der Waals surface area (Å²) in [5.41, 5.74) is 2.50.